The minimum absolute atomic E-state index is 0.272. The van der Waals surface area contributed by atoms with Crippen molar-refractivity contribution in [3.8, 4) is 6.07 Å². The van der Waals surface area contributed by atoms with Crippen molar-refractivity contribution in [2.45, 2.75) is 12.8 Å². The quantitative estimate of drug-likeness (QED) is 0.565. The van der Waals surface area contributed by atoms with Crippen molar-refractivity contribution >= 4 is 5.97 Å². The molecule has 0 saturated carbocycles. The van der Waals surface area contributed by atoms with Crippen LogP contribution in [-0.4, -0.2) is 24.3 Å². The number of carbonyl (C=O) groups is 1. The SMILES string of the molecule is N#CCCCOCC(=O)O. The number of rotatable bonds is 5. The Kier molecular flexibility index (Phi) is 5.39. The minimum Gasteiger partial charge on any atom is -0.480 e. The van der Waals surface area contributed by atoms with Gasteiger partial charge < -0.3 is 9.84 Å². The third kappa shape index (κ3) is 6.92. The summed E-state index contributed by atoms with van der Waals surface area (Å²) in [5.74, 6) is -0.975. The maximum atomic E-state index is 9.84. The van der Waals surface area contributed by atoms with Crippen LogP contribution in [0.25, 0.3) is 0 Å². The Hall–Kier alpha value is -1.08. The molecule has 0 aliphatic heterocycles. The Labute approximate surface area is 59.0 Å². The molecule has 1 N–H and O–H groups in total. The molecule has 0 radical (unpaired) electrons. The summed E-state index contributed by atoms with van der Waals surface area (Å²) in [5, 5.41) is 16.1. The number of aliphatic carboxylic acids is 1. The largest absolute Gasteiger partial charge is 0.480 e. The summed E-state index contributed by atoms with van der Waals surface area (Å²) in [6, 6.07) is 1.93. The first-order valence-electron chi connectivity index (χ1n) is 2.94. The molecule has 4 heteroatoms. The molecule has 0 unspecified atom stereocenters. The number of hydrogen-bond acceptors (Lipinski definition) is 3. The molecule has 0 amide bonds. The molecule has 56 valence electrons. The highest BCUT2D eigenvalue weighted by Gasteiger charge is 1.94. The molecule has 0 aliphatic carbocycles. The van der Waals surface area contributed by atoms with Crippen molar-refractivity contribution in [3.05, 3.63) is 0 Å². The van der Waals surface area contributed by atoms with E-state index in [1.807, 2.05) is 6.07 Å². The standard InChI is InChI=1S/C6H9NO3/c7-3-1-2-4-10-5-6(8)9/h1-2,4-5H2,(H,8,9). The highest BCUT2D eigenvalue weighted by Crippen LogP contribution is 1.86. The number of hydrogen-bond donors (Lipinski definition) is 1. The van der Waals surface area contributed by atoms with Gasteiger partial charge in [-0.25, -0.2) is 4.79 Å². The van der Waals surface area contributed by atoms with Gasteiger partial charge in [-0.1, -0.05) is 0 Å². The van der Waals surface area contributed by atoms with Gasteiger partial charge in [0.1, 0.15) is 6.61 Å². The molecule has 0 heterocycles. The fraction of sp³-hybridized carbons (Fsp3) is 0.667. The van der Waals surface area contributed by atoms with Crippen LogP contribution in [0.1, 0.15) is 12.8 Å². The van der Waals surface area contributed by atoms with Gasteiger partial charge in [0.2, 0.25) is 0 Å². The van der Waals surface area contributed by atoms with Crippen molar-refractivity contribution in [1.82, 2.24) is 0 Å². The maximum Gasteiger partial charge on any atom is 0.329 e. The second-order valence-electron chi connectivity index (χ2n) is 1.71. The molecule has 0 spiro atoms. The van der Waals surface area contributed by atoms with Crippen LogP contribution in [0.15, 0.2) is 0 Å². The van der Waals surface area contributed by atoms with E-state index in [1.54, 1.807) is 0 Å². The summed E-state index contributed by atoms with van der Waals surface area (Å²) in [6.07, 6.45) is 1.02. The van der Waals surface area contributed by atoms with E-state index < -0.39 is 5.97 Å². The first-order chi connectivity index (χ1) is 4.77. The van der Waals surface area contributed by atoms with Crippen LogP contribution in [0.2, 0.25) is 0 Å². The Bertz CT molecular complexity index is 138. The Morgan fingerprint density at radius 1 is 1.70 bits per heavy atom. The summed E-state index contributed by atoms with van der Waals surface area (Å²) in [7, 11) is 0. The van der Waals surface area contributed by atoms with Crippen LogP contribution in [0.3, 0.4) is 0 Å². The summed E-state index contributed by atoms with van der Waals surface area (Å²) < 4.78 is 4.65. The van der Waals surface area contributed by atoms with Gasteiger partial charge in [0.15, 0.2) is 0 Å². The van der Waals surface area contributed by atoms with Gasteiger partial charge in [0.05, 0.1) is 6.07 Å². The van der Waals surface area contributed by atoms with Crippen LogP contribution < -0.4 is 0 Å². The lowest BCUT2D eigenvalue weighted by Gasteiger charge is -1.95. The molecule has 0 aromatic rings. The summed E-state index contributed by atoms with van der Waals surface area (Å²) in [4.78, 5) is 9.84. The van der Waals surface area contributed by atoms with Crippen LogP contribution in [0.5, 0.6) is 0 Å². The predicted octanol–water partition coefficient (Wildman–Crippen LogP) is 0.391. The molecule has 0 fully saturated rings. The Morgan fingerprint density at radius 3 is 2.90 bits per heavy atom. The van der Waals surface area contributed by atoms with E-state index in [2.05, 4.69) is 4.74 Å². The smallest absolute Gasteiger partial charge is 0.329 e. The number of nitrogens with zero attached hydrogens (tertiary/aromatic N) is 1. The third-order valence-corrected chi connectivity index (χ3v) is 0.803. The van der Waals surface area contributed by atoms with E-state index in [0.29, 0.717) is 19.4 Å². The average Bonchev–Trinajstić information content (AvgIpc) is 1.87. The zero-order valence-corrected chi connectivity index (χ0v) is 5.54. The van der Waals surface area contributed by atoms with Gasteiger partial charge in [0.25, 0.3) is 0 Å². The summed E-state index contributed by atoms with van der Waals surface area (Å²) in [5.41, 5.74) is 0. The molecule has 0 saturated heterocycles. The van der Waals surface area contributed by atoms with E-state index >= 15 is 0 Å². The van der Waals surface area contributed by atoms with Crippen molar-refractivity contribution < 1.29 is 14.6 Å². The fourth-order valence-electron chi connectivity index (χ4n) is 0.413. The lowest BCUT2D eigenvalue weighted by atomic mass is 10.3. The van der Waals surface area contributed by atoms with Crippen LogP contribution in [-0.2, 0) is 9.53 Å². The Balaban J connectivity index is 2.92. The van der Waals surface area contributed by atoms with Crippen molar-refractivity contribution in [2.75, 3.05) is 13.2 Å². The lowest BCUT2D eigenvalue weighted by Crippen LogP contribution is -2.07. The summed E-state index contributed by atoms with van der Waals surface area (Å²) in [6.45, 7) is 0.0747. The normalized spacial score (nSPS) is 8.70. The van der Waals surface area contributed by atoms with Crippen molar-refractivity contribution in [1.29, 1.82) is 5.26 Å². The highest BCUT2D eigenvalue weighted by atomic mass is 16.5. The molecule has 0 atom stereocenters. The second-order valence-corrected chi connectivity index (χ2v) is 1.71. The second kappa shape index (κ2) is 6.05. The first-order valence-corrected chi connectivity index (χ1v) is 2.94. The summed E-state index contributed by atoms with van der Waals surface area (Å²) >= 11 is 0. The molecule has 0 bridgehead atoms. The van der Waals surface area contributed by atoms with Crippen LogP contribution in [0, 0.1) is 11.3 Å². The van der Waals surface area contributed by atoms with Crippen LogP contribution >= 0.6 is 0 Å². The van der Waals surface area contributed by atoms with Gasteiger partial charge in [-0.05, 0) is 6.42 Å². The molecule has 4 nitrogen and oxygen atoms in total. The molecule has 0 aliphatic rings. The van der Waals surface area contributed by atoms with E-state index in [0.717, 1.165) is 0 Å². The number of carboxylic acids is 1. The van der Waals surface area contributed by atoms with Crippen molar-refractivity contribution in [2.24, 2.45) is 0 Å². The maximum absolute atomic E-state index is 9.84. The molecule has 0 aromatic heterocycles. The zero-order valence-electron chi connectivity index (χ0n) is 5.54. The fourth-order valence-corrected chi connectivity index (χ4v) is 0.413. The molecular formula is C6H9NO3. The molecule has 10 heavy (non-hydrogen) atoms. The van der Waals surface area contributed by atoms with Crippen molar-refractivity contribution in [3.63, 3.8) is 0 Å². The van der Waals surface area contributed by atoms with E-state index in [1.165, 1.54) is 0 Å². The monoisotopic (exact) mass is 143 g/mol. The third-order valence-electron chi connectivity index (χ3n) is 0.803. The van der Waals surface area contributed by atoms with E-state index in [4.69, 9.17) is 10.4 Å². The van der Waals surface area contributed by atoms with Crippen LogP contribution in [0.4, 0.5) is 0 Å². The topological polar surface area (TPSA) is 70.3 Å². The van der Waals surface area contributed by atoms with E-state index in [9.17, 15) is 4.79 Å². The first kappa shape index (κ1) is 8.92. The number of unbranched alkanes of at least 4 members (excludes halogenated alkanes) is 1. The van der Waals surface area contributed by atoms with Gasteiger partial charge >= 0.3 is 5.97 Å². The van der Waals surface area contributed by atoms with Gasteiger partial charge in [-0.3, -0.25) is 0 Å². The molecule has 0 aromatic carbocycles. The minimum atomic E-state index is -0.975. The Morgan fingerprint density at radius 2 is 2.40 bits per heavy atom. The number of nitriles is 1. The van der Waals surface area contributed by atoms with Gasteiger partial charge in [-0.15, -0.1) is 0 Å². The lowest BCUT2D eigenvalue weighted by molar-refractivity contribution is -0.142. The van der Waals surface area contributed by atoms with Gasteiger partial charge in [-0.2, -0.15) is 5.26 Å². The molecular weight excluding hydrogens is 134 g/mol. The predicted molar refractivity (Wildman–Crippen MR) is 33.3 cm³/mol. The molecule has 0 rings (SSSR count). The number of carboxylic acid groups (broad SMARTS) is 1. The zero-order chi connectivity index (χ0) is 7.82. The van der Waals surface area contributed by atoms with Gasteiger partial charge in [0, 0.05) is 13.0 Å². The van der Waals surface area contributed by atoms with E-state index in [-0.39, 0.29) is 6.61 Å². The number of ether oxygens (including phenoxy) is 1. The average molecular weight is 143 g/mol. The highest BCUT2D eigenvalue weighted by molar-refractivity contribution is 5.67.